The van der Waals surface area contributed by atoms with Crippen molar-refractivity contribution in [2.24, 2.45) is 5.92 Å². The Bertz CT molecular complexity index is 1030. The van der Waals surface area contributed by atoms with Crippen molar-refractivity contribution in [2.75, 3.05) is 16.8 Å². The van der Waals surface area contributed by atoms with Crippen molar-refractivity contribution in [3.63, 3.8) is 0 Å². The summed E-state index contributed by atoms with van der Waals surface area (Å²) in [5, 5.41) is 5.37. The number of aromatic nitrogens is 2. The van der Waals surface area contributed by atoms with Gasteiger partial charge in [-0.25, -0.2) is 4.98 Å². The second-order valence-electron chi connectivity index (χ2n) is 7.06. The maximum absolute atomic E-state index is 12.6. The third-order valence-corrected chi connectivity index (χ3v) is 4.95. The Labute approximate surface area is 167 Å². The van der Waals surface area contributed by atoms with E-state index >= 15 is 0 Å². The van der Waals surface area contributed by atoms with Crippen molar-refractivity contribution in [1.29, 1.82) is 0 Å². The molecule has 0 radical (unpaired) electrons. The second-order valence-corrected chi connectivity index (χ2v) is 7.06. The minimum absolute atomic E-state index is 0.101. The molecule has 2 aromatic carbocycles. The van der Waals surface area contributed by atoms with Crippen molar-refractivity contribution < 1.29 is 14.4 Å². The van der Waals surface area contributed by atoms with E-state index in [0.29, 0.717) is 12.5 Å². The average Bonchev–Trinajstić information content (AvgIpc) is 3.31. The van der Waals surface area contributed by atoms with Crippen molar-refractivity contribution in [3.8, 4) is 0 Å². The summed E-state index contributed by atoms with van der Waals surface area (Å²) in [5.41, 5.74) is 2.32. The van der Waals surface area contributed by atoms with Gasteiger partial charge in [-0.2, -0.15) is 0 Å². The molecule has 1 aromatic heterocycles. The fraction of sp³-hybridized carbons (Fsp3) is 0.238. The fourth-order valence-electron chi connectivity index (χ4n) is 3.37. The normalized spacial score (nSPS) is 17.3. The molecule has 8 heteroatoms. The molecule has 1 aliphatic heterocycles. The molecule has 3 N–H and O–H groups in total. The van der Waals surface area contributed by atoms with E-state index in [1.807, 2.05) is 54.6 Å². The van der Waals surface area contributed by atoms with E-state index < -0.39 is 12.0 Å². The molecule has 0 aliphatic carbocycles. The Morgan fingerprint density at radius 3 is 2.62 bits per heavy atom. The number of carbonyl (C=O) groups is 3. The van der Waals surface area contributed by atoms with Gasteiger partial charge in [-0.3, -0.25) is 19.7 Å². The Kier molecular flexibility index (Phi) is 4.99. The highest BCUT2D eigenvalue weighted by atomic mass is 16.2. The molecule has 0 bridgehead atoms. The molecule has 1 saturated heterocycles. The number of hydrogen-bond donors (Lipinski definition) is 3. The molecular formula is C21H21N5O3. The van der Waals surface area contributed by atoms with E-state index in [1.165, 1.54) is 0 Å². The molecule has 0 spiro atoms. The SMILES string of the molecule is C[C@H](NC(=O)C1CC(=O)N(c2ccccc2)C1)C(=O)Nc1nc2ccccc2[nH]1. The fourth-order valence-corrected chi connectivity index (χ4v) is 3.37. The Morgan fingerprint density at radius 2 is 1.86 bits per heavy atom. The van der Waals surface area contributed by atoms with Crippen LogP contribution in [0.25, 0.3) is 11.0 Å². The third kappa shape index (κ3) is 3.96. The number of para-hydroxylation sites is 3. The van der Waals surface area contributed by atoms with Crippen molar-refractivity contribution >= 4 is 40.4 Å². The minimum atomic E-state index is -0.767. The molecule has 0 saturated carbocycles. The highest BCUT2D eigenvalue weighted by Gasteiger charge is 2.36. The molecule has 148 valence electrons. The first-order valence-electron chi connectivity index (χ1n) is 9.42. The standard InChI is InChI=1S/C21H21N5O3/c1-13(19(28)25-21-23-16-9-5-6-10-17(16)24-21)22-20(29)14-11-18(27)26(12-14)15-7-3-2-4-8-15/h2-10,13-14H,11-12H2,1H3,(H,22,29)(H2,23,24,25,28)/t13-,14?/m0/s1. The van der Waals surface area contributed by atoms with Gasteiger partial charge in [-0.15, -0.1) is 0 Å². The van der Waals surface area contributed by atoms with Crippen LogP contribution < -0.4 is 15.5 Å². The van der Waals surface area contributed by atoms with Gasteiger partial charge in [0.15, 0.2) is 0 Å². The van der Waals surface area contributed by atoms with Crippen molar-refractivity contribution in [3.05, 3.63) is 54.6 Å². The first-order chi connectivity index (χ1) is 14.0. The third-order valence-electron chi connectivity index (χ3n) is 4.95. The number of nitrogens with one attached hydrogen (secondary N) is 3. The largest absolute Gasteiger partial charge is 0.344 e. The number of anilines is 2. The highest BCUT2D eigenvalue weighted by molar-refractivity contribution is 6.02. The van der Waals surface area contributed by atoms with E-state index in [0.717, 1.165) is 16.7 Å². The van der Waals surface area contributed by atoms with E-state index in [4.69, 9.17) is 0 Å². The molecule has 1 aliphatic rings. The number of amides is 3. The van der Waals surface area contributed by atoms with Crippen LogP contribution in [0.1, 0.15) is 13.3 Å². The summed E-state index contributed by atoms with van der Waals surface area (Å²) < 4.78 is 0. The van der Waals surface area contributed by atoms with Crippen LogP contribution in [0.4, 0.5) is 11.6 Å². The zero-order valence-corrected chi connectivity index (χ0v) is 15.9. The first-order valence-corrected chi connectivity index (χ1v) is 9.42. The summed E-state index contributed by atoms with van der Waals surface area (Å²) >= 11 is 0. The van der Waals surface area contributed by atoms with Gasteiger partial charge in [0.1, 0.15) is 6.04 Å². The zero-order valence-electron chi connectivity index (χ0n) is 15.9. The van der Waals surface area contributed by atoms with Crippen LogP contribution in [0, 0.1) is 5.92 Å². The summed E-state index contributed by atoms with van der Waals surface area (Å²) in [5.74, 6) is -0.978. The van der Waals surface area contributed by atoms with E-state index in [2.05, 4.69) is 20.6 Å². The van der Waals surface area contributed by atoms with Gasteiger partial charge in [0.05, 0.1) is 17.0 Å². The molecule has 1 unspecified atom stereocenters. The monoisotopic (exact) mass is 391 g/mol. The molecule has 1 fully saturated rings. The molecule has 4 rings (SSSR count). The Morgan fingerprint density at radius 1 is 1.14 bits per heavy atom. The van der Waals surface area contributed by atoms with Crippen LogP contribution >= 0.6 is 0 Å². The lowest BCUT2D eigenvalue weighted by atomic mass is 10.1. The number of aromatic amines is 1. The molecule has 29 heavy (non-hydrogen) atoms. The zero-order chi connectivity index (χ0) is 20.4. The van der Waals surface area contributed by atoms with Crippen LogP contribution in [0.5, 0.6) is 0 Å². The molecule has 8 nitrogen and oxygen atoms in total. The van der Waals surface area contributed by atoms with Crippen LogP contribution in [-0.2, 0) is 14.4 Å². The van der Waals surface area contributed by atoms with E-state index in [-0.39, 0.29) is 24.1 Å². The van der Waals surface area contributed by atoms with E-state index in [1.54, 1.807) is 11.8 Å². The van der Waals surface area contributed by atoms with Crippen molar-refractivity contribution in [2.45, 2.75) is 19.4 Å². The molecule has 2 heterocycles. The lowest BCUT2D eigenvalue weighted by Crippen LogP contribution is -2.44. The van der Waals surface area contributed by atoms with Gasteiger partial charge in [0.2, 0.25) is 23.7 Å². The number of carbonyl (C=O) groups excluding carboxylic acids is 3. The summed E-state index contributed by atoms with van der Waals surface area (Å²) in [6, 6.07) is 15.9. The number of hydrogen-bond acceptors (Lipinski definition) is 4. The molecule has 3 amide bonds. The molecular weight excluding hydrogens is 370 g/mol. The van der Waals surface area contributed by atoms with Gasteiger partial charge >= 0.3 is 0 Å². The summed E-state index contributed by atoms with van der Waals surface area (Å²) in [7, 11) is 0. The van der Waals surface area contributed by atoms with Gasteiger partial charge in [0, 0.05) is 18.7 Å². The summed E-state index contributed by atoms with van der Waals surface area (Å²) in [6.45, 7) is 1.90. The smallest absolute Gasteiger partial charge is 0.248 e. The maximum atomic E-state index is 12.6. The average molecular weight is 391 g/mol. The van der Waals surface area contributed by atoms with Crippen LogP contribution in [0.2, 0.25) is 0 Å². The van der Waals surface area contributed by atoms with Crippen LogP contribution in [-0.4, -0.2) is 40.3 Å². The number of rotatable bonds is 5. The predicted octanol–water partition coefficient (Wildman–Crippen LogP) is 2.06. The highest BCUT2D eigenvalue weighted by Crippen LogP contribution is 2.25. The van der Waals surface area contributed by atoms with Gasteiger partial charge in [-0.05, 0) is 31.2 Å². The number of H-pyrrole nitrogens is 1. The van der Waals surface area contributed by atoms with E-state index in [9.17, 15) is 14.4 Å². The lowest BCUT2D eigenvalue weighted by molar-refractivity contribution is -0.129. The van der Waals surface area contributed by atoms with Crippen molar-refractivity contribution in [1.82, 2.24) is 15.3 Å². The topological polar surface area (TPSA) is 107 Å². The number of benzene rings is 2. The first kappa shape index (κ1) is 18.7. The van der Waals surface area contributed by atoms with Crippen LogP contribution in [0.15, 0.2) is 54.6 Å². The minimum Gasteiger partial charge on any atom is -0.344 e. The lowest BCUT2D eigenvalue weighted by Gasteiger charge is -2.18. The quantitative estimate of drug-likeness (QED) is 0.619. The van der Waals surface area contributed by atoms with Crippen LogP contribution in [0.3, 0.4) is 0 Å². The number of fused-ring (bicyclic) bond motifs is 1. The Hall–Kier alpha value is -3.68. The van der Waals surface area contributed by atoms with Gasteiger partial charge in [0.25, 0.3) is 0 Å². The van der Waals surface area contributed by atoms with Gasteiger partial charge in [-0.1, -0.05) is 30.3 Å². The maximum Gasteiger partial charge on any atom is 0.248 e. The number of nitrogens with zero attached hydrogens (tertiary/aromatic N) is 2. The second kappa shape index (κ2) is 7.75. The molecule has 3 aromatic rings. The predicted molar refractivity (Wildman–Crippen MR) is 109 cm³/mol. The summed E-state index contributed by atoms with van der Waals surface area (Å²) in [6.07, 6.45) is 0.124. The summed E-state index contributed by atoms with van der Waals surface area (Å²) in [4.78, 5) is 46.2. The Balaban J connectivity index is 1.35. The number of imidazole rings is 1. The molecule has 2 atom stereocenters. The van der Waals surface area contributed by atoms with Gasteiger partial charge < -0.3 is 15.2 Å².